The van der Waals surface area contributed by atoms with E-state index in [0.717, 1.165) is 36.2 Å². The van der Waals surface area contributed by atoms with E-state index in [-0.39, 0.29) is 17.8 Å². The summed E-state index contributed by atoms with van der Waals surface area (Å²) in [6, 6.07) is 11.2. The number of nitrogens with zero attached hydrogens (tertiary/aromatic N) is 2. The van der Waals surface area contributed by atoms with E-state index in [1.807, 2.05) is 30.5 Å². The van der Waals surface area contributed by atoms with Crippen LogP contribution in [0.15, 0.2) is 42.6 Å². The quantitative estimate of drug-likeness (QED) is 0.917. The van der Waals surface area contributed by atoms with E-state index in [1.54, 1.807) is 6.07 Å². The van der Waals surface area contributed by atoms with Crippen LogP contribution in [0.1, 0.15) is 42.6 Å². The van der Waals surface area contributed by atoms with E-state index in [9.17, 15) is 9.18 Å². The monoisotopic (exact) mass is 327 g/mol. The fourth-order valence-corrected chi connectivity index (χ4v) is 3.16. The minimum atomic E-state index is -0.151. The lowest BCUT2D eigenvalue weighted by atomic mass is 10.1. The van der Waals surface area contributed by atoms with Gasteiger partial charge in [-0.2, -0.15) is 0 Å². The van der Waals surface area contributed by atoms with Gasteiger partial charge in [-0.15, -0.1) is 0 Å². The molecule has 0 bridgehead atoms. The zero-order chi connectivity index (χ0) is 16.9. The number of amides is 1. The van der Waals surface area contributed by atoms with Crippen LogP contribution in [0.3, 0.4) is 0 Å². The summed E-state index contributed by atoms with van der Waals surface area (Å²) in [5.74, 6) is -0.201. The first-order chi connectivity index (χ1) is 11.6. The molecule has 2 heterocycles. The van der Waals surface area contributed by atoms with E-state index in [2.05, 4.69) is 15.2 Å². The molecule has 1 amide bonds. The second-order valence-electron chi connectivity index (χ2n) is 6.22. The summed E-state index contributed by atoms with van der Waals surface area (Å²) in [6.45, 7) is 3.55. The second-order valence-corrected chi connectivity index (χ2v) is 6.22. The van der Waals surface area contributed by atoms with Crippen molar-refractivity contribution in [2.45, 2.75) is 38.9 Å². The molecule has 1 fully saturated rings. The van der Waals surface area contributed by atoms with Crippen LogP contribution in [-0.2, 0) is 17.9 Å². The lowest BCUT2D eigenvalue weighted by Crippen LogP contribution is -2.24. The minimum absolute atomic E-state index is 0.0501. The molecular weight excluding hydrogens is 305 g/mol. The highest BCUT2D eigenvalue weighted by atomic mass is 19.1. The molecule has 5 heteroatoms. The summed E-state index contributed by atoms with van der Waals surface area (Å²) < 4.78 is 13.9. The van der Waals surface area contributed by atoms with Gasteiger partial charge in [0, 0.05) is 31.8 Å². The molecule has 24 heavy (non-hydrogen) atoms. The number of carbonyl (C=O) groups excluding carboxylic acids is 1. The highest BCUT2D eigenvalue weighted by Crippen LogP contribution is 2.32. The summed E-state index contributed by atoms with van der Waals surface area (Å²) >= 11 is 0. The SMILES string of the molecule is CC(=O)NCc1ccc(C2CCCN2Cc2ccccc2F)nc1. The van der Waals surface area contributed by atoms with E-state index < -0.39 is 0 Å². The molecule has 1 aliphatic heterocycles. The summed E-state index contributed by atoms with van der Waals surface area (Å²) in [5, 5.41) is 2.77. The molecule has 1 aliphatic rings. The van der Waals surface area contributed by atoms with Crippen molar-refractivity contribution >= 4 is 5.91 Å². The number of rotatable bonds is 5. The highest BCUT2D eigenvalue weighted by Gasteiger charge is 2.27. The topological polar surface area (TPSA) is 45.2 Å². The second kappa shape index (κ2) is 7.53. The summed E-state index contributed by atoms with van der Waals surface area (Å²) in [6.07, 6.45) is 3.94. The number of pyridine rings is 1. The van der Waals surface area contributed by atoms with Gasteiger partial charge in [-0.25, -0.2) is 4.39 Å². The van der Waals surface area contributed by atoms with Gasteiger partial charge in [0.15, 0.2) is 0 Å². The third-order valence-electron chi connectivity index (χ3n) is 4.43. The van der Waals surface area contributed by atoms with Crippen LogP contribution in [0, 0.1) is 5.82 Å². The third-order valence-corrected chi connectivity index (χ3v) is 4.43. The number of halogens is 1. The number of likely N-dealkylation sites (tertiary alicyclic amines) is 1. The van der Waals surface area contributed by atoms with Crippen LogP contribution in [0.4, 0.5) is 4.39 Å². The average molecular weight is 327 g/mol. The first kappa shape index (κ1) is 16.6. The Morgan fingerprint density at radius 3 is 2.88 bits per heavy atom. The maximum absolute atomic E-state index is 13.9. The highest BCUT2D eigenvalue weighted by molar-refractivity contribution is 5.72. The molecule has 1 unspecified atom stereocenters. The van der Waals surface area contributed by atoms with Crippen molar-refractivity contribution in [1.82, 2.24) is 15.2 Å². The maximum Gasteiger partial charge on any atom is 0.217 e. The lowest BCUT2D eigenvalue weighted by Gasteiger charge is -2.24. The van der Waals surface area contributed by atoms with E-state index in [1.165, 1.54) is 13.0 Å². The Morgan fingerprint density at radius 2 is 2.17 bits per heavy atom. The summed E-state index contributed by atoms with van der Waals surface area (Å²) in [7, 11) is 0. The maximum atomic E-state index is 13.9. The number of hydrogen-bond acceptors (Lipinski definition) is 3. The van der Waals surface area contributed by atoms with E-state index in [4.69, 9.17) is 0 Å². The fourth-order valence-electron chi connectivity index (χ4n) is 3.16. The average Bonchev–Trinajstić information content (AvgIpc) is 3.04. The number of aromatic nitrogens is 1. The van der Waals surface area contributed by atoms with Crippen LogP contribution in [0.25, 0.3) is 0 Å². The van der Waals surface area contributed by atoms with Gasteiger partial charge in [0.25, 0.3) is 0 Å². The van der Waals surface area contributed by atoms with Gasteiger partial charge < -0.3 is 5.32 Å². The zero-order valence-electron chi connectivity index (χ0n) is 13.8. The first-order valence-electron chi connectivity index (χ1n) is 8.30. The first-order valence-corrected chi connectivity index (χ1v) is 8.30. The zero-order valence-corrected chi connectivity index (χ0v) is 13.8. The molecule has 2 aromatic rings. The van der Waals surface area contributed by atoms with Gasteiger partial charge in [0.2, 0.25) is 5.91 Å². The number of benzene rings is 1. The molecular formula is C19H22FN3O. The van der Waals surface area contributed by atoms with E-state index in [0.29, 0.717) is 13.1 Å². The smallest absolute Gasteiger partial charge is 0.217 e. The Morgan fingerprint density at radius 1 is 1.33 bits per heavy atom. The fraction of sp³-hybridized carbons (Fsp3) is 0.368. The van der Waals surface area contributed by atoms with Crippen LogP contribution < -0.4 is 5.32 Å². The van der Waals surface area contributed by atoms with Gasteiger partial charge in [-0.1, -0.05) is 24.3 Å². The molecule has 0 aliphatic carbocycles. The standard InChI is InChI=1S/C19H22FN3O/c1-14(24)21-11-15-8-9-18(22-12-15)19-7-4-10-23(19)13-16-5-2-3-6-17(16)20/h2-3,5-6,8-9,12,19H,4,7,10-11,13H2,1H3,(H,21,24). The van der Waals surface area contributed by atoms with Gasteiger partial charge in [0.05, 0.1) is 11.7 Å². The third kappa shape index (κ3) is 3.97. The predicted molar refractivity (Wildman–Crippen MR) is 90.5 cm³/mol. The van der Waals surface area contributed by atoms with Gasteiger partial charge in [-0.05, 0) is 37.1 Å². The van der Waals surface area contributed by atoms with E-state index >= 15 is 0 Å². The van der Waals surface area contributed by atoms with Crippen molar-refractivity contribution in [2.75, 3.05) is 6.54 Å². The van der Waals surface area contributed by atoms with Crippen LogP contribution >= 0.6 is 0 Å². The Balaban J connectivity index is 1.69. The molecule has 0 spiro atoms. The van der Waals surface area contributed by atoms with Crippen molar-refractivity contribution in [3.8, 4) is 0 Å². The molecule has 1 aromatic carbocycles. The predicted octanol–water partition coefficient (Wildman–Crippen LogP) is 3.19. The minimum Gasteiger partial charge on any atom is -0.352 e. The molecule has 4 nitrogen and oxygen atoms in total. The van der Waals surface area contributed by atoms with Crippen molar-refractivity contribution in [3.63, 3.8) is 0 Å². The molecule has 0 radical (unpaired) electrons. The van der Waals surface area contributed by atoms with Crippen LogP contribution in [0.2, 0.25) is 0 Å². The Kier molecular flexibility index (Phi) is 5.20. The van der Waals surface area contributed by atoms with Crippen molar-refractivity contribution in [2.24, 2.45) is 0 Å². The van der Waals surface area contributed by atoms with Crippen molar-refractivity contribution in [3.05, 3.63) is 65.2 Å². The van der Waals surface area contributed by atoms with Gasteiger partial charge in [-0.3, -0.25) is 14.7 Å². The summed E-state index contributed by atoms with van der Waals surface area (Å²) in [5.41, 5.74) is 2.72. The largest absolute Gasteiger partial charge is 0.352 e. The Hall–Kier alpha value is -2.27. The molecule has 3 rings (SSSR count). The normalized spacial score (nSPS) is 17.8. The molecule has 1 N–H and O–H groups in total. The Bertz CT molecular complexity index is 702. The Labute approximate surface area is 141 Å². The number of nitrogens with one attached hydrogen (secondary N) is 1. The van der Waals surface area contributed by atoms with Crippen LogP contribution in [-0.4, -0.2) is 22.3 Å². The molecule has 0 saturated carbocycles. The van der Waals surface area contributed by atoms with Gasteiger partial charge >= 0.3 is 0 Å². The molecule has 1 aromatic heterocycles. The lowest BCUT2D eigenvalue weighted by molar-refractivity contribution is -0.119. The summed E-state index contributed by atoms with van der Waals surface area (Å²) in [4.78, 5) is 17.8. The van der Waals surface area contributed by atoms with Crippen LogP contribution in [0.5, 0.6) is 0 Å². The molecule has 126 valence electrons. The van der Waals surface area contributed by atoms with Gasteiger partial charge in [0.1, 0.15) is 5.82 Å². The number of carbonyl (C=O) groups is 1. The van der Waals surface area contributed by atoms with Crippen molar-refractivity contribution in [1.29, 1.82) is 0 Å². The van der Waals surface area contributed by atoms with Crippen molar-refractivity contribution < 1.29 is 9.18 Å². The molecule has 1 atom stereocenters. The molecule has 1 saturated heterocycles. The number of hydrogen-bond donors (Lipinski definition) is 1.